The Morgan fingerprint density at radius 2 is 1.93 bits per heavy atom. The Balaban J connectivity index is 1.78. The normalized spacial score (nSPS) is 14.4. The molecule has 1 aliphatic rings. The quantitative estimate of drug-likeness (QED) is 0.525. The Labute approximate surface area is 173 Å². The number of anilines is 1. The Morgan fingerprint density at radius 3 is 2.55 bits per heavy atom. The maximum absolute atomic E-state index is 12.7. The number of hydrogen-bond acceptors (Lipinski definition) is 7. The van der Waals surface area contributed by atoms with Crippen LogP contribution in [0.2, 0.25) is 0 Å². The molecule has 0 saturated carbocycles. The SMILES string of the molecule is CN(C)S(=O)(=O)c1ccc(CNc2ccc([N+](=O)[O-])c(C(=O)N3CCCC3)c2)s1. The number of carbonyl (C=O) groups excluding carboxylic acids is 1. The first-order valence-corrected chi connectivity index (χ1v) is 11.3. The molecule has 0 radical (unpaired) electrons. The summed E-state index contributed by atoms with van der Waals surface area (Å²) in [5.74, 6) is -0.340. The van der Waals surface area contributed by atoms with Crippen molar-refractivity contribution in [3.8, 4) is 0 Å². The van der Waals surface area contributed by atoms with Gasteiger partial charge in [0.2, 0.25) is 0 Å². The number of thiophene rings is 1. The zero-order valence-electron chi connectivity index (χ0n) is 16.1. The summed E-state index contributed by atoms with van der Waals surface area (Å²) in [6, 6.07) is 7.63. The Hall–Kier alpha value is -2.50. The van der Waals surface area contributed by atoms with Gasteiger partial charge in [-0.3, -0.25) is 14.9 Å². The number of amides is 1. The highest BCUT2D eigenvalue weighted by Gasteiger charge is 2.27. The van der Waals surface area contributed by atoms with Crippen molar-refractivity contribution in [3.05, 3.63) is 50.9 Å². The van der Waals surface area contributed by atoms with Crippen molar-refractivity contribution in [2.24, 2.45) is 0 Å². The molecule has 1 aromatic carbocycles. The number of rotatable bonds is 7. The van der Waals surface area contributed by atoms with Gasteiger partial charge in [0.1, 0.15) is 9.77 Å². The fourth-order valence-electron chi connectivity index (χ4n) is 3.03. The van der Waals surface area contributed by atoms with Crippen molar-refractivity contribution < 1.29 is 18.1 Å². The molecule has 0 spiro atoms. The van der Waals surface area contributed by atoms with Crippen molar-refractivity contribution in [2.75, 3.05) is 32.5 Å². The lowest BCUT2D eigenvalue weighted by atomic mass is 10.1. The van der Waals surface area contributed by atoms with Crippen molar-refractivity contribution >= 4 is 38.6 Å². The fourth-order valence-corrected chi connectivity index (χ4v) is 5.49. The van der Waals surface area contributed by atoms with E-state index in [0.717, 1.165) is 33.4 Å². The van der Waals surface area contributed by atoms with Gasteiger partial charge in [-0.25, -0.2) is 12.7 Å². The minimum absolute atomic E-state index is 0.0592. The number of hydrogen-bond donors (Lipinski definition) is 1. The lowest BCUT2D eigenvalue weighted by molar-refractivity contribution is -0.385. The van der Waals surface area contributed by atoms with E-state index in [4.69, 9.17) is 0 Å². The van der Waals surface area contributed by atoms with Gasteiger partial charge in [-0.15, -0.1) is 11.3 Å². The zero-order chi connectivity index (χ0) is 21.2. The summed E-state index contributed by atoms with van der Waals surface area (Å²) in [5.41, 5.74) is 0.399. The van der Waals surface area contributed by atoms with Gasteiger partial charge < -0.3 is 10.2 Å². The van der Waals surface area contributed by atoms with Crippen molar-refractivity contribution in [2.45, 2.75) is 23.6 Å². The number of nitrogens with zero attached hydrogens (tertiary/aromatic N) is 3. The standard InChI is InChI=1S/C18H22N4O5S2/c1-20(2)29(26,27)17-8-6-14(28-17)12-19-13-5-7-16(22(24)25)15(11-13)18(23)21-9-3-4-10-21/h5-8,11,19H,3-4,9-10,12H2,1-2H3. The molecule has 1 saturated heterocycles. The largest absolute Gasteiger partial charge is 0.380 e. The van der Waals surface area contributed by atoms with Crippen LogP contribution < -0.4 is 5.32 Å². The van der Waals surface area contributed by atoms with Gasteiger partial charge >= 0.3 is 0 Å². The predicted octanol–water partition coefficient (Wildman–Crippen LogP) is 2.75. The topological polar surface area (TPSA) is 113 Å². The van der Waals surface area contributed by atoms with E-state index in [1.54, 1.807) is 23.1 Å². The van der Waals surface area contributed by atoms with E-state index in [0.29, 0.717) is 25.3 Å². The van der Waals surface area contributed by atoms with Gasteiger partial charge in [0, 0.05) is 50.4 Å². The first-order chi connectivity index (χ1) is 13.7. The molecular formula is C18H22N4O5S2. The van der Waals surface area contributed by atoms with Crippen LogP contribution in [0.4, 0.5) is 11.4 Å². The maximum atomic E-state index is 12.7. The third-order valence-corrected chi connectivity index (χ3v) is 8.02. The summed E-state index contributed by atoms with van der Waals surface area (Å²) in [6.07, 6.45) is 1.79. The van der Waals surface area contributed by atoms with Crippen LogP contribution in [0.15, 0.2) is 34.5 Å². The highest BCUT2D eigenvalue weighted by molar-refractivity contribution is 7.91. The molecule has 2 aromatic rings. The molecule has 0 aliphatic carbocycles. The molecular weight excluding hydrogens is 416 g/mol. The minimum atomic E-state index is -3.48. The summed E-state index contributed by atoms with van der Waals surface area (Å²) in [7, 11) is -0.533. The molecule has 9 nitrogen and oxygen atoms in total. The number of sulfonamides is 1. The number of benzene rings is 1. The van der Waals surface area contributed by atoms with Crippen molar-refractivity contribution in [1.29, 1.82) is 0 Å². The Bertz CT molecular complexity index is 1030. The Kier molecular flexibility index (Phi) is 6.20. The number of nitro groups is 1. The molecule has 11 heteroatoms. The number of nitrogens with one attached hydrogen (secondary N) is 1. The summed E-state index contributed by atoms with van der Waals surface area (Å²) < 4.78 is 25.8. The van der Waals surface area contributed by atoms with Crippen LogP contribution >= 0.6 is 11.3 Å². The van der Waals surface area contributed by atoms with E-state index in [9.17, 15) is 23.3 Å². The van der Waals surface area contributed by atoms with Crippen LogP contribution in [-0.4, -0.2) is 55.6 Å². The highest BCUT2D eigenvalue weighted by atomic mass is 32.2. The molecule has 1 amide bonds. The lowest BCUT2D eigenvalue weighted by Crippen LogP contribution is -2.28. The molecule has 2 heterocycles. The molecule has 1 aliphatic heterocycles. The van der Waals surface area contributed by atoms with Gasteiger partial charge in [0.05, 0.1) is 4.92 Å². The van der Waals surface area contributed by atoms with Crippen LogP contribution in [0, 0.1) is 10.1 Å². The van der Waals surface area contributed by atoms with Crippen molar-refractivity contribution in [1.82, 2.24) is 9.21 Å². The second-order valence-electron chi connectivity index (χ2n) is 6.85. The summed E-state index contributed by atoms with van der Waals surface area (Å²) in [5, 5.41) is 14.5. The second-order valence-corrected chi connectivity index (χ2v) is 10.4. The summed E-state index contributed by atoms with van der Waals surface area (Å²) >= 11 is 1.15. The molecule has 0 bridgehead atoms. The first-order valence-electron chi connectivity index (χ1n) is 9.03. The van der Waals surface area contributed by atoms with E-state index in [2.05, 4.69) is 5.32 Å². The fraction of sp³-hybridized carbons (Fsp3) is 0.389. The van der Waals surface area contributed by atoms with E-state index >= 15 is 0 Å². The molecule has 29 heavy (non-hydrogen) atoms. The highest BCUT2D eigenvalue weighted by Crippen LogP contribution is 2.28. The van der Waals surface area contributed by atoms with E-state index in [1.165, 1.54) is 26.2 Å². The molecule has 1 N–H and O–H groups in total. The average molecular weight is 439 g/mol. The summed E-state index contributed by atoms with van der Waals surface area (Å²) in [6.45, 7) is 1.54. The monoisotopic (exact) mass is 438 g/mol. The van der Waals surface area contributed by atoms with E-state index in [-0.39, 0.29) is 21.4 Å². The average Bonchev–Trinajstić information content (AvgIpc) is 3.37. The smallest absolute Gasteiger partial charge is 0.282 e. The van der Waals surface area contributed by atoms with Gasteiger partial charge in [-0.05, 0) is 37.1 Å². The second kappa shape index (κ2) is 8.47. The number of carbonyl (C=O) groups is 1. The molecule has 156 valence electrons. The van der Waals surface area contributed by atoms with Crippen LogP contribution in [0.1, 0.15) is 28.1 Å². The maximum Gasteiger partial charge on any atom is 0.282 e. The van der Waals surface area contributed by atoms with Crippen LogP contribution in [-0.2, 0) is 16.6 Å². The third kappa shape index (κ3) is 4.57. The molecule has 1 fully saturated rings. The molecule has 0 unspecified atom stereocenters. The van der Waals surface area contributed by atoms with Gasteiger partial charge in [-0.1, -0.05) is 0 Å². The van der Waals surface area contributed by atoms with Gasteiger partial charge in [-0.2, -0.15) is 0 Å². The van der Waals surface area contributed by atoms with Crippen LogP contribution in [0.5, 0.6) is 0 Å². The zero-order valence-corrected chi connectivity index (χ0v) is 17.8. The van der Waals surface area contributed by atoms with E-state index < -0.39 is 14.9 Å². The molecule has 1 aromatic heterocycles. The lowest BCUT2D eigenvalue weighted by Gasteiger charge is -2.16. The number of likely N-dealkylation sites (tertiary alicyclic amines) is 1. The summed E-state index contributed by atoms with van der Waals surface area (Å²) in [4.78, 5) is 25.9. The van der Waals surface area contributed by atoms with E-state index in [1.807, 2.05) is 0 Å². The first kappa shape index (κ1) is 21.2. The van der Waals surface area contributed by atoms with Crippen LogP contribution in [0.3, 0.4) is 0 Å². The minimum Gasteiger partial charge on any atom is -0.380 e. The third-order valence-electron chi connectivity index (χ3n) is 4.66. The molecule has 3 rings (SSSR count). The molecule has 0 atom stereocenters. The van der Waals surface area contributed by atoms with Gasteiger partial charge in [0.25, 0.3) is 21.6 Å². The Morgan fingerprint density at radius 1 is 1.24 bits per heavy atom. The van der Waals surface area contributed by atoms with Crippen molar-refractivity contribution in [3.63, 3.8) is 0 Å². The number of nitro benzene ring substituents is 1. The van der Waals surface area contributed by atoms with Gasteiger partial charge in [0.15, 0.2) is 0 Å². The predicted molar refractivity (Wildman–Crippen MR) is 111 cm³/mol. The van der Waals surface area contributed by atoms with Crippen LogP contribution in [0.25, 0.3) is 0 Å².